The second kappa shape index (κ2) is 6.00. The molecule has 0 amide bonds. The molecular formula is C15H20O6. The average Bonchev–Trinajstić information content (AvgIpc) is 2.86. The molecule has 3 rings (SSSR count). The highest BCUT2D eigenvalue weighted by Crippen LogP contribution is 2.39. The van der Waals surface area contributed by atoms with E-state index in [0.29, 0.717) is 6.61 Å². The van der Waals surface area contributed by atoms with Crippen molar-refractivity contribution in [2.75, 3.05) is 20.8 Å². The third kappa shape index (κ3) is 2.70. The molecule has 2 aliphatic rings. The van der Waals surface area contributed by atoms with Crippen molar-refractivity contribution < 1.29 is 28.8 Å². The predicted molar refractivity (Wildman–Crippen MR) is 72.4 cm³/mol. The molecule has 1 aromatic carbocycles. The van der Waals surface area contributed by atoms with Crippen molar-refractivity contribution in [3.05, 3.63) is 35.9 Å². The van der Waals surface area contributed by atoms with E-state index in [9.17, 15) is 5.11 Å². The SMILES string of the molecule is CO[C@@H]1[C@@H](OC)[C@H]2OC[C@](O)(O2)[C@H]1OCc1ccccc1. The summed E-state index contributed by atoms with van der Waals surface area (Å²) in [7, 11) is 3.12. The fourth-order valence-electron chi connectivity index (χ4n) is 2.85. The molecule has 5 atom stereocenters. The molecule has 2 aliphatic heterocycles. The smallest absolute Gasteiger partial charge is 0.221 e. The number of hydrogen-bond acceptors (Lipinski definition) is 6. The lowest BCUT2D eigenvalue weighted by Crippen LogP contribution is -2.62. The minimum atomic E-state index is -1.50. The van der Waals surface area contributed by atoms with Gasteiger partial charge in [0.2, 0.25) is 5.79 Å². The van der Waals surface area contributed by atoms with Gasteiger partial charge in [-0.2, -0.15) is 0 Å². The molecule has 0 radical (unpaired) electrons. The van der Waals surface area contributed by atoms with Crippen molar-refractivity contribution >= 4 is 0 Å². The van der Waals surface area contributed by atoms with Gasteiger partial charge in [0.05, 0.1) is 6.61 Å². The van der Waals surface area contributed by atoms with E-state index in [-0.39, 0.29) is 6.61 Å². The van der Waals surface area contributed by atoms with Crippen molar-refractivity contribution in [2.24, 2.45) is 0 Å². The monoisotopic (exact) mass is 296 g/mol. The fraction of sp³-hybridized carbons (Fsp3) is 0.600. The number of aliphatic hydroxyl groups is 1. The first-order chi connectivity index (χ1) is 10.2. The van der Waals surface area contributed by atoms with Gasteiger partial charge >= 0.3 is 0 Å². The van der Waals surface area contributed by atoms with Crippen molar-refractivity contribution in [2.45, 2.75) is 37.0 Å². The van der Waals surface area contributed by atoms with Crippen LogP contribution in [0.25, 0.3) is 0 Å². The van der Waals surface area contributed by atoms with Gasteiger partial charge < -0.3 is 28.8 Å². The zero-order chi connectivity index (χ0) is 14.9. The van der Waals surface area contributed by atoms with Crippen LogP contribution in [0.4, 0.5) is 0 Å². The minimum Gasteiger partial charge on any atom is -0.376 e. The zero-order valence-electron chi connectivity index (χ0n) is 12.1. The van der Waals surface area contributed by atoms with E-state index in [0.717, 1.165) is 5.56 Å². The van der Waals surface area contributed by atoms with Crippen LogP contribution in [0, 0.1) is 0 Å². The second-order valence-electron chi connectivity index (χ2n) is 5.26. The number of hydrogen-bond donors (Lipinski definition) is 1. The summed E-state index contributed by atoms with van der Waals surface area (Å²) in [5.74, 6) is -1.50. The van der Waals surface area contributed by atoms with E-state index in [4.69, 9.17) is 23.7 Å². The predicted octanol–water partition coefficient (Wildman–Crippen LogP) is 0.677. The van der Waals surface area contributed by atoms with Gasteiger partial charge in [-0.3, -0.25) is 0 Å². The molecule has 0 aromatic heterocycles. The third-order valence-corrected chi connectivity index (χ3v) is 3.93. The maximum atomic E-state index is 10.6. The molecule has 0 unspecified atom stereocenters. The van der Waals surface area contributed by atoms with Crippen molar-refractivity contribution in [3.63, 3.8) is 0 Å². The standard InChI is InChI=1S/C15H20O6/c1-17-11-12(18-2)14-20-9-15(16,21-14)13(11)19-8-10-6-4-3-5-7-10/h3-7,11-14,16H,8-9H2,1-2H3/t11-,12-,13+,14+,15+/m1/s1. The Hall–Kier alpha value is -1.02. The molecule has 2 saturated heterocycles. The highest BCUT2D eigenvalue weighted by atomic mass is 16.8. The first kappa shape index (κ1) is 14.9. The van der Waals surface area contributed by atoms with Gasteiger partial charge in [-0.05, 0) is 5.56 Å². The van der Waals surface area contributed by atoms with E-state index >= 15 is 0 Å². The van der Waals surface area contributed by atoms with Crippen LogP contribution in [0.5, 0.6) is 0 Å². The van der Waals surface area contributed by atoms with E-state index in [1.54, 1.807) is 14.2 Å². The molecule has 116 valence electrons. The summed E-state index contributed by atoms with van der Waals surface area (Å²) in [5, 5.41) is 10.6. The lowest BCUT2D eigenvalue weighted by atomic mass is 9.97. The fourth-order valence-corrected chi connectivity index (χ4v) is 2.85. The lowest BCUT2D eigenvalue weighted by Gasteiger charge is -2.42. The van der Waals surface area contributed by atoms with Crippen LogP contribution in [0.2, 0.25) is 0 Å². The Morgan fingerprint density at radius 1 is 1.19 bits per heavy atom. The van der Waals surface area contributed by atoms with E-state index in [1.807, 2.05) is 30.3 Å². The Bertz CT molecular complexity index is 466. The van der Waals surface area contributed by atoms with Crippen LogP contribution in [-0.4, -0.2) is 56.3 Å². The average molecular weight is 296 g/mol. The first-order valence-electron chi connectivity index (χ1n) is 6.91. The maximum absolute atomic E-state index is 10.6. The largest absolute Gasteiger partial charge is 0.376 e. The minimum absolute atomic E-state index is 0.0385. The molecule has 0 spiro atoms. The van der Waals surface area contributed by atoms with Gasteiger partial charge in [-0.1, -0.05) is 30.3 Å². The van der Waals surface area contributed by atoms with Gasteiger partial charge in [0, 0.05) is 14.2 Å². The summed E-state index contributed by atoms with van der Waals surface area (Å²) in [5.41, 5.74) is 1.01. The Kier molecular flexibility index (Phi) is 4.26. The molecule has 2 bridgehead atoms. The van der Waals surface area contributed by atoms with Gasteiger partial charge in [-0.15, -0.1) is 0 Å². The Morgan fingerprint density at radius 2 is 1.90 bits per heavy atom. The maximum Gasteiger partial charge on any atom is 0.221 e. The molecule has 2 fully saturated rings. The third-order valence-electron chi connectivity index (χ3n) is 3.93. The number of rotatable bonds is 5. The topological polar surface area (TPSA) is 66.4 Å². The van der Waals surface area contributed by atoms with Gasteiger partial charge in [0.25, 0.3) is 0 Å². The summed E-state index contributed by atoms with van der Waals surface area (Å²) < 4.78 is 27.7. The van der Waals surface area contributed by atoms with Crippen LogP contribution in [0.15, 0.2) is 30.3 Å². The van der Waals surface area contributed by atoms with Crippen LogP contribution in [0.3, 0.4) is 0 Å². The lowest BCUT2D eigenvalue weighted by molar-refractivity contribution is -0.337. The van der Waals surface area contributed by atoms with Gasteiger partial charge in [0.15, 0.2) is 6.29 Å². The van der Waals surface area contributed by atoms with E-state index in [2.05, 4.69) is 0 Å². The van der Waals surface area contributed by atoms with E-state index < -0.39 is 30.4 Å². The summed E-state index contributed by atoms with van der Waals surface area (Å²) in [6.07, 6.45) is -2.24. The molecule has 1 aromatic rings. The first-order valence-corrected chi connectivity index (χ1v) is 6.91. The van der Waals surface area contributed by atoms with Crippen molar-refractivity contribution in [3.8, 4) is 0 Å². The summed E-state index contributed by atoms with van der Waals surface area (Å²) in [6, 6.07) is 9.72. The number of ether oxygens (including phenoxy) is 5. The molecule has 21 heavy (non-hydrogen) atoms. The van der Waals surface area contributed by atoms with Crippen LogP contribution in [0.1, 0.15) is 5.56 Å². The van der Waals surface area contributed by atoms with Crippen LogP contribution in [-0.2, 0) is 30.3 Å². The highest BCUT2D eigenvalue weighted by molar-refractivity contribution is 5.13. The molecule has 2 heterocycles. The summed E-state index contributed by atoms with van der Waals surface area (Å²) in [6.45, 7) is 0.384. The Morgan fingerprint density at radius 3 is 2.57 bits per heavy atom. The summed E-state index contributed by atoms with van der Waals surface area (Å²) >= 11 is 0. The zero-order valence-corrected chi connectivity index (χ0v) is 12.1. The van der Waals surface area contributed by atoms with Crippen LogP contribution < -0.4 is 0 Å². The van der Waals surface area contributed by atoms with Crippen molar-refractivity contribution in [1.82, 2.24) is 0 Å². The second-order valence-corrected chi connectivity index (χ2v) is 5.26. The quantitative estimate of drug-likeness (QED) is 0.862. The number of benzene rings is 1. The Balaban J connectivity index is 1.76. The number of fused-ring (bicyclic) bond motifs is 2. The van der Waals surface area contributed by atoms with E-state index in [1.165, 1.54) is 0 Å². The highest BCUT2D eigenvalue weighted by Gasteiger charge is 2.60. The van der Waals surface area contributed by atoms with Crippen LogP contribution >= 0.6 is 0 Å². The molecular weight excluding hydrogens is 276 g/mol. The van der Waals surface area contributed by atoms with Gasteiger partial charge in [0.1, 0.15) is 24.9 Å². The number of methoxy groups -OCH3 is 2. The van der Waals surface area contributed by atoms with Crippen molar-refractivity contribution in [1.29, 1.82) is 0 Å². The molecule has 0 aliphatic carbocycles. The normalized spacial score (nSPS) is 38.6. The van der Waals surface area contributed by atoms with Gasteiger partial charge in [-0.25, -0.2) is 0 Å². The molecule has 0 saturated carbocycles. The summed E-state index contributed by atoms with van der Waals surface area (Å²) in [4.78, 5) is 0. The Labute approximate surface area is 123 Å². The molecule has 6 nitrogen and oxygen atoms in total. The molecule has 1 N–H and O–H groups in total. The molecule has 6 heteroatoms.